The number of likely N-dealkylation sites (tertiary alicyclic amines) is 1. The summed E-state index contributed by atoms with van der Waals surface area (Å²) in [5.41, 5.74) is 5.78. The highest BCUT2D eigenvalue weighted by molar-refractivity contribution is 5.87. The van der Waals surface area contributed by atoms with Gasteiger partial charge in [0.15, 0.2) is 0 Å². The van der Waals surface area contributed by atoms with Gasteiger partial charge in [0.1, 0.15) is 6.04 Å². The molecule has 5 nitrogen and oxygen atoms in total. The molecule has 1 rings (SSSR count). The second-order valence-electron chi connectivity index (χ2n) is 4.76. The zero-order valence-corrected chi connectivity index (χ0v) is 11.1. The van der Waals surface area contributed by atoms with Crippen LogP contribution in [0.15, 0.2) is 0 Å². The van der Waals surface area contributed by atoms with Crippen molar-refractivity contribution in [1.82, 2.24) is 4.90 Å². The summed E-state index contributed by atoms with van der Waals surface area (Å²) in [6, 6.07) is -1.24. The molecule has 1 fully saturated rings. The monoisotopic (exact) mass is 264 g/mol. The summed E-state index contributed by atoms with van der Waals surface area (Å²) in [5, 5.41) is 8.96. The lowest BCUT2D eigenvalue weighted by Gasteiger charge is -2.25. The van der Waals surface area contributed by atoms with E-state index in [1.807, 2.05) is 13.8 Å². The number of carbonyl (C=O) groups excluding carboxylic acids is 1. The predicted molar refractivity (Wildman–Crippen MR) is 67.0 cm³/mol. The summed E-state index contributed by atoms with van der Waals surface area (Å²) in [5.74, 6) is -0.814. The molecule has 0 saturated carbocycles. The van der Waals surface area contributed by atoms with E-state index in [-0.39, 0.29) is 18.3 Å². The number of nitrogens with two attached hydrogens (primary N) is 1. The van der Waals surface area contributed by atoms with Crippen LogP contribution in [-0.4, -0.2) is 40.5 Å². The van der Waals surface area contributed by atoms with Crippen molar-refractivity contribution in [3.8, 4) is 0 Å². The lowest BCUT2D eigenvalue weighted by molar-refractivity contribution is -0.148. The maximum absolute atomic E-state index is 11.9. The van der Waals surface area contributed by atoms with Crippen LogP contribution in [-0.2, 0) is 9.59 Å². The SMILES string of the molecule is CC(C)C[C@H](N)C(=O)N1CCC[C@H]1C(=O)O.Cl. The number of hydrogen-bond donors (Lipinski definition) is 2. The summed E-state index contributed by atoms with van der Waals surface area (Å²) in [4.78, 5) is 24.3. The normalized spacial score (nSPS) is 21.2. The Hall–Kier alpha value is -0.810. The van der Waals surface area contributed by atoms with Crippen molar-refractivity contribution in [1.29, 1.82) is 0 Å². The standard InChI is InChI=1S/C11H20N2O3.ClH/c1-7(2)6-8(12)10(14)13-5-3-4-9(13)11(15)16;/h7-9H,3-6,12H2,1-2H3,(H,15,16);1H/t8-,9-;/m0./s1. The molecule has 2 atom stereocenters. The van der Waals surface area contributed by atoms with Crippen molar-refractivity contribution in [3.63, 3.8) is 0 Å². The minimum Gasteiger partial charge on any atom is -0.480 e. The molecule has 1 aliphatic heterocycles. The third-order valence-corrected chi connectivity index (χ3v) is 2.86. The Morgan fingerprint density at radius 3 is 2.53 bits per heavy atom. The van der Waals surface area contributed by atoms with Gasteiger partial charge < -0.3 is 15.7 Å². The summed E-state index contributed by atoms with van der Waals surface area (Å²) < 4.78 is 0. The second-order valence-corrected chi connectivity index (χ2v) is 4.76. The molecule has 1 saturated heterocycles. The third kappa shape index (κ3) is 4.16. The maximum atomic E-state index is 11.9. The van der Waals surface area contributed by atoms with E-state index in [4.69, 9.17) is 10.8 Å². The number of aliphatic carboxylic acids is 1. The highest BCUT2D eigenvalue weighted by atomic mass is 35.5. The van der Waals surface area contributed by atoms with Crippen LogP contribution in [0.2, 0.25) is 0 Å². The first-order valence-electron chi connectivity index (χ1n) is 5.72. The van der Waals surface area contributed by atoms with E-state index in [1.54, 1.807) is 0 Å². The molecule has 0 unspecified atom stereocenters. The number of carbonyl (C=O) groups is 2. The van der Waals surface area contributed by atoms with E-state index in [1.165, 1.54) is 4.90 Å². The van der Waals surface area contributed by atoms with E-state index in [2.05, 4.69) is 0 Å². The van der Waals surface area contributed by atoms with Crippen molar-refractivity contribution >= 4 is 24.3 Å². The summed E-state index contributed by atoms with van der Waals surface area (Å²) in [7, 11) is 0. The van der Waals surface area contributed by atoms with Crippen LogP contribution < -0.4 is 5.73 Å². The molecule has 0 aromatic carbocycles. The van der Waals surface area contributed by atoms with Gasteiger partial charge in [-0.1, -0.05) is 13.8 Å². The van der Waals surface area contributed by atoms with Gasteiger partial charge in [-0.25, -0.2) is 4.79 Å². The molecule has 100 valence electrons. The van der Waals surface area contributed by atoms with E-state index >= 15 is 0 Å². The number of carboxylic acids is 1. The number of hydrogen-bond acceptors (Lipinski definition) is 3. The van der Waals surface area contributed by atoms with Crippen LogP contribution in [0.4, 0.5) is 0 Å². The number of rotatable bonds is 4. The van der Waals surface area contributed by atoms with Crippen molar-refractivity contribution in [2.24, 2.45) is 11.7 Å². The van der Waals surface area contributed by atoms with E-state index in [0.29, 0.717) is 25.3 Å². The molecular weight excluding hydrogens is 244 g/mol. The Morgan fingerprint density at radius 2 is 2.06 bits per heavy atom. The lowest BCUT2D eigenvalue weighted by atomic mass is 10.0. The van der Waals surface area contributed by atoms with Crippen molar-refractivity contribution < 1.29 is 14.7 Å². The quantitative estimate of drug-likeness (QED) is 0.789. The fourth-order valence-corrected chi connectivity index (χ4v) is 2.11. The van der Waals surface area contributed by atoms with Gasteiger partial charge >= 0.3 is 5.97 Å². The molecule has 0 aromatic rings. The lowest BCUT2D eigenvalue weighted by Crippen LogP contribution is -2.48. The minimum atomic E-state index is -0.928. The van der Waals surface area contributed by atoms with Crippen LogP contribution in [0.25, 0.3) is 0 Å². The van der Waals surface area contributed by atoms with E-state index in [0.717, 1.165) is 6.42 Å². The van der Waals surface area contributed by atoms with Crippen LogP contribution >= 0.6 is 12.4 Å². The van der Waals surface area contributed by atoms with Gasteiger partial charge in [-0.3, -0.25) is 4.79 Å². The molecule has 1 heterocycles. The molecule has 0 aliphatic carbocycles. The molecule has 0 spiro atoms. The zero-order valence-electron chi connectivity index (χ0n) is 10.3. The van der Waals surface area contributed by atoms with Gasteiger partial charge in [0, 0.05) is 6.54 Å². The first-order valence-corrected chi connectivity index (χ1v) is 5.72. The maximum Gasteiger partial charge on any atom is 0.326 e. The first-order chi connectivity index (χ1) is 7.43. The zero-order chi connectivity index (χ0) is 12.3. The number of halogens is 1. The minimum absolute atomic E-state index is 0. The van der Waals surface area contributed by atoms with Crippen molar-refractivity contribution in [2.75, 3.05) is 6.54 Å². The summed E-state index contributed by atoms with van der Waals surface area (Å²) in [6.07, 6.45) is 1.88. The second kappa shape index (κ2) is 6.81. The molecule has 3 N–H and O–H groups in total. The van der Waals surface area contributed by atoms with E-state index < -0.39 is 18.1 Å². The fourth-order valence-electron chi connectivity index (χ4n) is 2.11. The Bertz CT molecular complexity index is 284. The Labute approximate surface area is 108 Å². The van der Waals surface area contributed by atoms with Crippen molar-refractivity contribution in [2.45, 2.75) is 45.2 Å². The molecular formula is C11H21ClN2O3. The molecule has 0 bridgehead atoms. The van der Waals surface area contributed by atoms with Gasteiger partial charge in [-0.15, -0.1) is 12.4 Å². The van der Waals surface area contributed by atoms with Gasteiger partial charge in [0.2, 0.25) is 5.91 Å². The highest BCUT2D eigenvalue weighted by Gasteiger charge is 2.35. The summed E-state index contributed by atoms with van der Waals surface area (Å²) >= 11 is 0. The molecule has 0 radical (unpaired) electrons. The predicted octanol–water partition coefficient (Wildman–Crippen LogP) is 0.857. The number of carboxylic acid groups (broad SMARTS) is 1. The third-order valence-electron chi connectivity index (χ3n) is 2.86. The highest BCUT2D eigenvalue weighted by Crippen LogP contribution is 2.19. The Balaban J connectivity index is 0.00000256. The van der Waals surface area contributed by atoms with Crippen molar-refractivity contribution in [3.05, 3.63) is 0 Å². The Morgan fingerprint density at radius 1 is 1.47 bits per heavy atom. The molecule has 6 heteroatoms. The molecule has 0 aromatic heterocycles. The summed E-state index contributed by atoms with van der Waals surface area (Å²) in [6.45, 7) is 4.50. The van der Waals surface area contributed by atoms with Crippen LogP contribution in [0.5, 0.6) is 0 Å². The van der Waals surface area contributed by atoms with Gasteiger partial charge in [-0.05, 0) is 25.2 Å². The fraction of sp³-hybridized carbons (Fsp3) is 0.818. The smallest absolute Gasteiger partial charge is 0.326 e. The topological polar surface area (TPSA) is 83.6 Å². The molecule has 1 aliphatic rings. The average molecular weight is 265 g/mol. The van der Waals surface area contributed by atoms with Crippen LogP contribution in [0.3, 0.4) is 0 Å². The molecule has 17 heavy (non-hydrogen) atoms. The van der Waals surface area contributed by atoms with Crippen LogP contribution in [0, 0.1) is 5.92 Å². The average Bonchev–Trinajstić information content (AvgIpc) is 2.63. The van der Waals surface area contributed by atoms with E-state index in [9.17, 15) is 9.59 Å². The largest absolute Gasteiger partial charge is 0.480 e. The first kappa shape index (κ1) is 16.2. The molecule has 1 amide bonds. The number of amides is 1. The van der Waals surface area contributed by atoms with Gasteiger partial charge in [-0.2, -0.15) is 0 Å². The van der Waals surface area contributed by atoms with Gasteiger partial charge in [0.05, 0.1) is 6.04 Å². The van der Waals surface area contributed by atoms with Gasteiger partial charge in [0.25, 0.3) is 0 Å². The number of nitrogens with zero attached hydrogens (tertiary/aromatic N) is 1. The Kier molecular flexibility index (Phi) is 6.49. The van der Waals surface area contributed by atoms with Crippen LogP contribution in [0.1, 0.15) is 33.1 Å².